The van der Waals surface area contributed by atoms with E-state index in [1.54, 1.807) is 0 Å². The third-order valence-corrected chi connectivity index (χ3v) is 4.29. The summed E-state index contributed by atoms with van der Waals surface area (Å²) in [5.74, 6) is 0.0182. The van der Waals surface area contributed by atoms with Crippen LogP contribution in [0.5, 0.6) is 0 Å². The molecule has 120 valence electrons. The average Bonchev–Trinajstić information content (AvgIpc) is 2.82. The Morgan fingerprint density at radius 3 is 2.70 bits per heavy atom. The molecule has 1 aromatic heterocycles. The van der Waals surface area contributed by atoms with Gasteiger partial charge in [-0.3, -0.25) is 4.79 Å². The Hall–Kier alpha value is -2.20. The topological polar surface area (TPSA) is 33.4 Å². The lowest BCUT2D eigenvalue weighted by Gasteiger charge is -2.33. The third-order valence-electron chi connectivity index (χ3n) is 4.29. The second-order valence-corrected chi connectivity index (χ2v) is 6.53. The van der Waals surface area contributed by atoms with E-state index in [9.17, 15) is 4.79 Å². The summed E-state index contributed by atoms with van der Waals surface area (Å²) in [5.41, 5.74) is 1.31. The molecule has 1 atom stereocenters. The number of ether oxygens (including phenoxy) is 1. The largest absolute Gasteiger partial charge is 0.354 e. The summed E-state index contributed by atoms with van der Waals surface area (Å²) in [6, 6.07) is 14.0. The van der Waals surface area contributed by atoms with Crippen molar-refractivity contribution in [3.8, 4) is 0 Å². The average molecular weight is 311 g/mol. The molecule has 1 aliphatic heterocycles. The lowest BCUT2D eigenvalue weighted by molar-refractivity contribution is -0.671. The zero-order valence-electron chi connectivity index (χ0n) is 13.9. The van der Waals surface area contributed by atoms with Gasteiger partial charge in [-0.15, -0.1) is 0 Å². The molecule has 1 saturated heterocycles. The van der Waals surface area contributed by atoms with Gasteiger partial charge in [0.1, 0.15) is 18.3 Å². The summed E-state index contributed by atoms with van der Waals surface area (Å²) in [6.07, 6.45) is 4.58. The fourth-order valence-corrected chi connectivity index (χ4v) is 3.18. The van der Waals surface area contributed by atoms with Gasteiger partial charge >= 0.3 is 0 Å². The number of benzene rings is 1. The summed E-state index contributed by atoms with van der Waals surface area (Å²) >= 11 is 0. The second-order valence-electron chi connectivity index (χ2n) is 6.53. The molecular formula is C19H23N2O2+. The molecule has 23 heavy (non-hydrogen) atoms. The summed E-state index contributed by atoms with van der Waals surface area (Å²) in [5, 5.41) is 0. The van der Waals surface area contributed by atoms with Gasteiger partial charge in [-0.25, -0.2) is 4.57 Å². The third kappa shape index (κ3) is 3.27. The Morgan fingerprint density at radius 2 is 2.00 bits per heavy atom. The molecule has 0 unspecified atom stereocenters. The Morgan fingerprint density at radius 1 is 1.26 bits per heavy atom. The molecule has 2 aromatic rings. The number of nitrogens with zero attached hydrogens (tertiary/aromatic N) is 2. The fraction of sp³-hybridized carbons (Fsp3) is 0.368. The number of amides is 1. The summed E-state index contributed by atoms with van der Waals surface area (Å²) < 4.78 is 7.80. The van der Waals surface area contributed by atoms with Crippen LogP contribution in [0.2, 0.25) is 0 Å². The van der Waals surface area contributed by atoms with Crippen LogP contribution in [0, 0.1) is 0 Å². The van der Waals surface area contributed by atoms with Crippen molar-refractivity contribution in [3.63, 3.8) is 0 Å². The number of hydrogen-bond donors (Lipinski definition) is 0. The van der Waals surface area contributed by atoms with E-state index in [0.717, 1.165) is 6.42 Å². The molecular weight excluding hydrogens is 288 g/mol. The maximum Gasteiger partial charge on any atom is 0.262 e. The minimum absolute atomic E-state index is 0.0182. The predicted molar refractivity (Wildman–Crippen MR) is 87.8 cm³/mol. The number of pyridine rings is 1. The van der Waals surface area contributed by atoms with Gasteiger partial charge in [0.05, 0.1) is 12.6 Å². The maximum absolute atomic E-state index is 13.0. The molecule has 2 heterocycles. The van der Waals surface area contributed by atoms with E-state index in [1.165, 1.54) is 5.56 Å². The molecule has 1 amide bonds. The van der Waals surface area contributed by atoms with Gasteiger partial charge in [0.2, 0.25) is 0 Å². The Balaban J connectivity index is 1.87. The van der Waals surface area contributed by atoms with Crippen LogP contribution < -0.4 is 4.57 Å². The van der Waals surface area contributed by atoms with Crippen molar-refractivity contribution in [2.75, 3.05) is 6.61 Å². The highest BCUT2D eigenvalue weighted by atomic mass is 16.5. The highest BCUT2D eigenvalue weighted by molar-refractivity contribution is 5.94. The normalized spacial score (nSPS) is 19.8. The van der Waals surface area contributed by atoms with E-state index >= 15 is 0 Å². The molecule has 4 nitrogen and oxygen atoms in total. The predicted octanol–water partition coefficient (Wildman–Crippen LogP) is 2.33. The first-order chi connectivity index (χ1) is 11.0. The number of rotatable bonds is 3. The van der Waals surface area contributed by atoms with E-state index in [0.29, 0.717) is 12.2 Å². The maximum atomic E-state index is 13.0. The van der Waals surface area contributed by atoms with Crippen molar-refractivity contribution >= 4 is 5.91 Å². The summed E-state index contributed by atoms with van der Waals surface area (Å²) in [4.78, 5) is 14.9. The molecule has 0 radical (unpaired) electrons. The quantitative estimate of drug-likeness (QED) is 0.815. The van der Waals surface area contributed by atoms with E-state index in [2.05, 4.69) is 12.1 Å². The molecule has 1 aromatic carbocycles. The zero-order valence-corrected chi connectivity index (χ0v) is 13.9. The van der Waals surface area contributed by atoms with Gasteiger partial charge in [0.25, 0.3) is 5.91 Å². The first kappa shape index (κ1) is 15.7. The molecule has 1 aliphatic rings. The fourth-order valence-electron chi connectivity index (χ4n) is 3.18. The van der Waals surface area contributed by atoms with Gasteiger partial charge in [-0.2, -0.15) is 0 Å². The Labute approximate surface area is 137 Å². The van der Waals surface area contributed by atoms with Crippen LogP contribution >= 0.6 is 0 Å². The number of hydrogen-bond acceptors (Lipinski definition) is 2. The zero-order chi connectivity index (χ0) is 16.4. The number of carbonyl (C=O) groups excluding carboxylic acids is 1. The van der Waals surface area contributed by atoms with Gasteiger partial charge in [-0.05, 0) is 31.9 Å². The first-order valence-corrected chi connectivity index (χ1v) is 7.94. The highest BCUT2D eigenvalue weighted by Gasteiger charge is 2.44. The van der Waals surface area contributed by atoms with Crippen molar-refractivity contribution in [1.29, 1.82) is 0 Å². The van der Waals surface area contributed by atoms with Crippen molar-refractivity contribution in [1.82, 2.24) is 4.90 Å². The van der Waals surface area contributed by atoms with Crippen LogP contribution in [0.15, 0.2) is 54.9 Å². The second kappa shape index (κ2) is 6.13. The van der Waals surface area contributed by atoms with E-state index < -0.39 is 5.72 Å². The molecule has 3 rings (SSSR count). The van der Waals surface area contributed by atoms with E-state index in [-0.39, 0.29) is 11.9 Å². The standard InChI is InChI=1S/C19H23N2O2/c1-19(2)21(18(22)16-10-7-11-20(3)13-16)17(14-23-19)12-15-8-5-4-6-9-15/h4-11,13,17H,12,14H2,1-3H3/q+1/t17-/m0/s1. The number of carbonyl (C=O) groups is 1. The first-order valence-electron chi connectivity index (χ1n) is 7.94. The van der Waals surface area contributed by atoms with Gasteiger partial charge in [-0.1, -0.05) is 30.3 Å². The van der Waals surface area contributed by atoms with Crippen LogP contribution in [-0.2, 0) is 18.2 Å². The number of aryl methyl sites for hydroxylation is 1. The van der Waals surface area contributed by atoms with E-state index in [4.69, 9.17) is 4.74 Å². The van der Waals surface area contributed by atoms with E-state index in [1.807, 2.05) is 73.1 Å². The Kier molecular flexibility index (Phi) is 4.18. The molecule has 0 bridgehead atoms. The van der Waals surface area contributed by atoms with Crippen LogP contribution in [-0.4, -0.2) is 29.2 Å². The Bertz CT molecular complexity index is 698. The minimum Gasteiger partial charge on any atom is -0.354 e. The molecule has 1 fully saturated rings. The van der Waals surface area contributed by atoms with Crippen molar-refractivity contribution in [2.24, 2.45) is 7.05 Å². The van der Waals surface area contributed by atoms with Gasteiger partial charge in [0, 0.05) is 6.07 Å². The van der Waals surface area contributed by atoms with Crippen molar-refractivity contribution < 1.29 is 14.1 Å². The lowest BCUT2D eigenvalue weighted by Crippen LogP contribution is -2.49. The van der Waals surface area contributed by atoms with Crippen LogP contribution in [0.3, 0.4) is 0 Å². The molecule has 0 spiro atoms. The van der Waals surface area contributed by atoms with Crippen molar-refractivity contribution in [2.45, 2.75) is 32.0 Å². The minimum atomic E-state index is -0.592. The van der Waals surface area contributed by atoms with Gasteiger partial charge in [0.15, 0.2) is 12.4 Å². The van der Waals surface area contributed by atoms with Crippen LogP contribution in [0.4, 0.5) is 0 Å². The SMILES string of the molecule is C[n+]1cccc(C(=O)N2[C@@H](Cc3ccccc3)COC2(C)C)c1. The van der Waals surface area contributed by atoms with Gasteiger partial charge < -0.3 is 9.64 Å². The highest BCUT2D eigenvalue weighted by Crippen LogP contribution is 2.30. The van der Waals surface area contributed by atoms with Crippen LogP contribution in [0.25, 0.3) is 0 Å². The molecule has 0 aliphatic carbocycles. The lowest BCUT2D eigenvalue weighted by atomic mass is 10.0. The smallest absolute Gasteiger partial charge is 0.262 e. The molecule has 4 heteroatoms. The van der Waals surface area contributed by atoms with Crippen LogP contribution in [0.1, 0.15) is 29.8 Å². The van der Waals surface area contributed by atoms with Crippen molar-refractivity contribution in [3.05, 3.63) is 66.0 Å². The monoisotopic (exact) mass is 311 g/mol. The molecule has 0 saturated carbocycles. The number of aromatic nitrogens is 1. The summed E-state index contributed by atoms with van der Waals surface area (Å²) in [6.45, 7) is 4.48. The molecule has 0 N–H and O–H groups in total. The summed E-state index contributed by atoms with van der Waals surface area (Å²) in [7, 11) is 1.92.